The minimum absolute atomic E-state index is 0.322. The Hall–Kier alpha value is -2.28. The first-order valence-electron chi connectivity index (χ1n) is 7.68. The van der Waals surface area contributed by atoms with Crippen LogP contribution in [0, 0.1) is 11.8 Å². The second-order valence-electron chi connectivity index (χ2n) is 5.59. The average Bonchev–Trinajstić information content (AvgIpc) is 2.59. The third kappa shape index (κ3) is 4.86. The van der Waals surface area contributed by atoms with Crippen LogP contribution >= 0.6 is 11.6 Å². The minimum Gasteiger partial charge on any atom is -0.482 e. The number of halogens is 1. The Morgan fingerprint density at radius 1 is 1.12 bits per heavy atom. The van der Waals surface area contributed by atoms with Gasteiger partial charge >= 0.3 is 5.97 Å². The van der Waals surface area contributed by atoms with Gasteiger partial charge in [0.15, 0.2) is 6.61 Å². The van der Waals surface area contributed by atoms with E-state index in [1.807, 2.05) is 0 Å². The summed E-state index contributed by atoms with van der Waals surface area (Å²) in [4.78, 5) is 35.0. The van der Waals surface area contributed by atoms with E-state index in [2.05, 4.69) is 10.9 Å². The van der Waals surface area contributed by atoms with Crippen molar-refractivity contribution in [3.05, 3.63) is 29.3 Å². The lowest BCUT2D eigenvalue weighted by atomic mass is 9.79. The molecule has 1 fully saturated rings. The van der Waals surface area contributed by atoms with Gasteiger partial charge in [-0.25, -0.2) is 0 Å². The highest BCUT2D eigenvalue weighted by atomic mass is 35.5. The molecule has 130 valence electrons. The number of hydrogen-bond donors (Lipinski definition) is 3. The fourth-order valence-electron chi connectivity index (χ4n) is 2.71. The zero-order valence-corrected chi connectivity index (χ0v) is 13.7. The number of aliphatic carboxylic acids is 1. The van der Waals surface area contributed by atoms with E-state index in [0.29, 0.717) is 23.6 Å². The van der Waals surface area contributed by atoms with Crippen molar-refractivity contribution in [3.63, 3.8) is 0 Å². The first kappa shape index (κ1) is 18.1. The summed E-state index contributed by atoms with van der Waals surface area (Å²) >= 11 is 5.90. The van der Waals surface area contributed by atoms with E-state index in [0.717, 1.165) is 12.8 Å². The lowest BCUT2D eigenvalue weighted by molar-refractivity contribution is -0.149. The van der Waals surface area contributed by atoms with E-state index >= 15 is 0 Å². The molecule has 2 atom stereocenters. The van der Waals surface area contributed by atoms with Gasteiger partial charge in [-0.1, -0.05) is 36.6 Å². The first-order valence-corrected chi connectivity index (χ1v) is 8.05. The smallest absolute Gasteiger partial charge is 0.307 e. The molecule has 0 saturated heterocycles. The number of hydrazine groups is 1. The highest BCUT2D eigenvalue weighted by Crippen LogP contribution is 2.30. The van der Waals surface area contributed by atoms with Crippen molar-refractivity contribution in [1.82, 2.24) is 10.9 Å². The summed E-state index contributed by atoms with van der Waals surface area (Å²) in [6.07, 6.45) is 2.55. The number of amides is 2. The Bertz CT molecular complexity index is 622. The number of nitrogens with one attached hydrogen (secondary N) is 2. The van der Waals surface area contributed by atoms with Gasteiger partial charge in [-0.3, -0.25) is 25.2 Å². The first-order chi connectivity index (χ1) is 11.5. The molecule has 7 nitrogen and oxygen atoms in total. The van der Waals surface area contributed by atoms with Gasteiger partial charge in [-0.15, -0.1) is 0 Å². The maximum atomic E-state index is 12.1. The van der Waals surface area contributed by atoms with Crippen LogP contribution in [0.2, 0.25) is 5.02 Å². The van der Waals surface area contributed by atoms with Gasteiger partial charge in [0.05, 0.1) is 16.9 Å². The van der Waals surface area contributed by atoms with Gasteiger partial charge in [0.1, 0.15) is 5.75 Å². The van der Waals surface area contributed by atoms with E-state index < -0.39 is 29.6 Å². The number of benzene rings is 1. The molecule has 2 rings (SSSR count). The van der Waals surface area contributed by atoms with Gasteiger partial charge in [0.2, 0.25) is 5.91 Å². The van der Waals surface area contributed by atoms with Crippen molar-refractivity contribution in [3.8, 4) is 5.75 Å². The maximum Gasteiger partial charge on any atom is 0.307 e. The third-order valence-electron chi connectivity index (χ3n) is 3.94. The van der Waals surface area contributed by atoms with Crippen molar-refractivity contribution >= 4 is 29.4 Å². The molecule has 24 heavy (non-hydrogen) atoms. The van der Waals surface area contributed by atoms with Crippen molar-refractivity contribution in [2.24, 2.45) is 11.8 Å². The molecule has 1 unspecified atom stereocenters. The number of carbonyl (C=O) groups excluding carboxylic acids is 2. The van der Waals surface area contributed by atoms with Crippen LogP contribution in [0.25, 0.3) is 0 Å². The molecule has 1 aliphatic rings. The standard InChI is InChI=1S/C16H19ClN2O5/c17-12-7-3-4-8-13(12)24-9-14(20)18-19-15(21)10-5-1-2-6-11(10)16(22)23/h3-4,7-8,10-11H,1-2,5-6,9H2,(H,18,20)(H,19,21)(H,22,23)/t10?,11-/m0/s1. The largest absolute Gasteiger partial charge is 0.482 e. The molecule has 2 amide bonds. The molecule has 3 N–H and O–H groups in total. The van der Waals surface area contributed by atoms with E-state index in [-0.39, 0.29) is 6.61 Å². The monoisotopic (exact) mass is 354 g/mol. The average molecular weight is 355 g/mol. The van der Waals surface area contributed by atoms with Crippen molar-refractivity contribution < 1.29 is 24.2 Å². The molecule has 0 aromatic heterocycles. The van der Waals surface area contributed by atoms with Crippen LogP contribution in [0.1, 0.15) is 25.7 Å². The molecule has 0 radical (unpaired) electrons. The minimum atomic E-state index is -0.983. The molecular weight excluding hydrogens is 336 g/mol. The van der Waals surface area contributed by atoms with Gasteiger partial charge in [-0.05, 0) is 25.0 Å². The predicted octanol–water partition coefficient (Wildman–Crippen LogP) is 1.76. The zero-order valence-electron chi connectivity index (χ0n) is 13.0. The summed E-state index contributed by atoms with van der Waals surface area (Å²) in [6, 6.07) is 6.70. The molecule has 0 spiro atoms. The molecule has 0 bridgehead atoms. The Morgan fingerprint density at radius 2 is 1.79 bits per heavy atom. The molecule has 8 heteroatoms. The number of carboxylic acids is 1. The summed E-state index contributed by atoms with van der Waals surface area (Å²) in [7, 11) is 0. The van der Waals surface area contributed by atoms with Crippen molar-refractivity contribution in [2.45, 2.75) is 25.7 Å². The highest BCUT2D eigenvalue weighted by Gasteiger charge is 2.35. The van der Waals surface area contributed by atoms with Crippen LogP contribution in [0.5, 0.6) is 5.75 Å². The Labute approximate surface area is 144 Å². The normalized spacial score (nSPS) is 20.0. The van der Waals surface area contributed by atoms with Crippen molar-refractivity contribution in [2.75, 3.05) is 6.61 Å². The van der Waals surface area contributed by atoms with Crippen LogP contribution in [0.4, 0.5) is 0 Å². The Kier molecular flexibility index (Phi) is 6.43. The molecular formula is C16H19ClN2O5. The summed E-state index contributed by atoms with van der Waals surface area (Å²) in [6.45, 7) is -0.322. The van der Waals surface area contributed by atoms with Crippen LogP contribution in [0.15, 0.2) is 24.3 Å². The fourth-order valence-corrected chi connectivity index (χ4v) is 2.90. The fraction of sp³-hybridized carbons (Fsp3) is 0.438. The van der Waals surface area contributed by atoms with Crippen molar-refractivity contribution in [1.29, 1.82) is 0 Å². The number of ether oxygens (including phenoxy) is 1. The number of carbonyl (C=O) groups is 3. The quantitative estimate of drug-likeness (QED) is 0.699. The second-order valence-corrected chi connectivity index (χ2v) is 6.00. The summed E-state index contributed by atoms with van der Waals surface area (Å²) in [5.41, 5.74) is 4.50. The van der Waals surface area contributed by atoms with Crippen LogP contribution in [-0.2, 0) is 14.4 Å². The van der Waals surface area contributed by atoms with Crippen LogP contribution < -0.4 is 15.6 Å². The van der Waals surface area contributed by atoms with Gasteiger partial charge in [0, 0.05) is 0 Å². The molecule has 1 aromatic carbocycles. The molecule has 1 aromatic rings. The lowest BCUT2D eigenvalue weighted by Gasteiger charge is -2.27. The summed E-state index contributed by atoms with van der Waals surface area (Å²) in [5, 5.41) is 9.55. The van der Waals surface area contributed by atoms with E-state index in [9.17, 15) is 19.5 Å². The lowest BCUT2D eigenvalue weighted by Crippen LogP contribution is -2.49. The van der Waals surface area contributed by atoms with E-state index in [1.54, 1.807) is 24.3 Å². The van der Waals surface area contributed by atoms with Gasteiger partial charge in [0.25, 0.3) is 5.91 Å². The topological polar surface area (TPSA) is 105 Å². The van der Waals surface area contributed by atoms with Gasteiger partial charge < -0.3 is 9.84 Å². The van der Waals surface area contributed by atoms with Crippen LogP contribution in [0.3, 0.4) is 0 Å². The van der Waals surface area contributed by atoms with E-state index in [4.69, 9.17) is 16.3 Å². The SMILES string of the molecule is O=C(COc1ccccc1Cl)NNC(=O)C1CCCC[C@@H]1C(=O)O. The molecule has 1 aliphatic carbocycles. The number of hydrogen-bond acceptors (Lipinski definition) is 4. The third-order valence-corrected chi connectivity index (χ3v) is 4.25. The number of para-hydroxylation sites is 1. The zero-order chi connectivity index (χ0) is 17.5. The number of carboxylic acid groups (broad SMARTS) is 1. The van der Waals surface area contributed by atoms with Crippen LogP contribution in [-0.4, -0.2) is 29.5 Å². The van der Waals surface area contributed by atoms with Gasteiger partial charge in [-0.2, -0.15) is 0 Å². The Morgan fingerprint density at radius 3 is 2.46 bits per heavy atom. The van der Waals surface area contributed by atoms with E-state index in [1.165, 1.54) is 0 Å². The molecule has 0 aliphatic heterocycles. The molecule has 0 heterocycles. The second kappa shape index (κ2) is 8.54. The highest BCUT2D eigenvalue weighted by molar-refractivity contribution is 6.32. The summed E-state index contributed by atoms with van der Waals surface area (Å²) in [5.74, 6) is -3.03. The summed E-state index contributed by atoms with van der Waals surface area (Å²) < 4.78 is 5.25. The maximum absolute atomic E-state index is 12.1. The Balaban J connectivity index is 1.79. The molecule has 1 saturated carbocycles. The number of rotatable bonds is 5. The predicted molar refractivity (Wildman–Crippen MR) is 86.3 cm³/mol.